The fraction of sp³-hybridized carbons (Fsp3) is 0.917. The van der Waals surface area contributed by atoms with Gasteiger partial charge in [-0.2, -0.15) is 11.8 Å². The maximum atomic E-state index is 10.8. The molecule has 6 nitrogen and oxygen atoms in total. The molecule has 0 aromatic rings. The van der Waals surface area contributed by atoms with E-state index in [2.05, 4.69) is 4.90 Å². The Morgan fingerprint density at radius 2 is 2.32 bits per heavy atom. The van der Waals surface area contributed by atoms with Gasteiger partial charge in [0.25, 0.3) is 0 Å². The number of carboxylic acids is 1. The predicted octanol–water partition coefficient (Wildman–Crippen LogP) is -0.0976. The highest BCUT2D eigenvalue weighted by Crippen LogP contribution is 2.19. The minimum absolute atomic E-state index is 0.00451. The molecule has 0 aliphatic carbocycles. The number of hydrogen-bond acceptors (Lipinski definition) is 6. The third kappa shape index (κ3) is 7.12. The average Bonchev–Trinajstić information content (AvgIpc) is 2.36. The molecule has 2 atom stereocenters. The van der Waals surface area contributed by atoms with Crippen LogP contribution in [-0.4, -0.2) is 84.8 Å². The summed E-state index contributed by atoms with van der Waals surface area (Å²) in [6.45, 7) is 2.51. The van der Waals surface area contributed by atoms with Crippen LogP contribution in [0.3, 0.4) is 0 Å². The molecule has 7 heteroatoms. The standard InChI is InChI=1S/C12H23NO5S/c1-17-3-4-18-8-11(14)7-13-2-5-19-9-10(13)6-12(15)16/h10-11,14H,2-9H2,1H3,(H,15,16). The lowest BCUT2D eigenvalue weighted by molar-refractivity contribution is -0.138. The van der Waals surface area contributed by atoms with Gasteiger partial charge < -0.3 is 19.7 Å². The second kappa shape index (κ2) is 9.55. The van der Waals surface area contributed by atoms with Crippen LogP contribution >= 0.6 is 11.8 Å². The van der Waals surface area contributed by atoms with Gasteiger partial charge in [-0.25, -0.2) is 0 Å². The van der Waals surface area contributed by atoms with Crippen molar-refractivity contribution in [2.45, 2.75) is 18.6 Å². The first kappa shape index (κ1) is 16.7. The van der Waals surface area contributed by atoms with Crippen LogP contribution in [-0.2, 0) is 14.3 Å². The molecule has 0 saturated carbocycles. The van der Waals surface area contributed by atoms with E-state index in [0.717, 1.165) is 18.1 Å². The van der Waals surface area contributed by atoms with Crippen molar-refractivity contribution < 1.29 is 24.5 Å². The van der Waals surface area contributed by atoms with Gasteiger partial charge in [0.15, 0.2) is 0 Å². The molecule has 1 saturated heterocycles. The monoisotopic (exact) mass is 293 g/mol. The molecular formula is C12H23NO5S. The van der Waals surface area contributed by atoms with Gasteiger partial charge in [-0.3, -0.25) is 9.69 Å². The fourth-order valence-electron chi connectivity index (χ4n) is 2.00. The third-order valence-corrected chi connectivity index (χ3v) is 4.04. The fourth-order valence-corrected chi connectivity index (χ4v) is 3.14. The molecule has 1 aliphatic rings. The SMILES string of the molecule is COCCOCC(O)CN1CCSCC1CC(=O)O. The lowest BCUT2D eigenvalue weighted by Gasteiger charge is -2.35. The van der Waals surface area contributed by atoms with Gasteiger partial charge in [0.2, 0.25) is 0 Å². The summed E-state index contributed by atoms with van der Waals surface area (Å²) in [5, 5.41) is 18.8. The number of carbonyl (C=O) groups is 1. The normalized spacial score (nSPS) is 22.3. The van der Waals surface area contributed by atoms with Crippen molar-refractivity contribution in [3.05, 3.63) is 0 Å². The number of hydrogen-bond donors (Lipinski definition) is 2. The number of ether oxygens (including phenoxy) is 2. The number of methoxy groups -OCH3 is 1. The second-order valence-electron chi connectivity index (χ2n) is 4.54. The predicted molar refractivity (Wildman–Crippen MR) is 73.6 cm³/mol. The van der Waals surface area contributed by atoms with Crippen molar-refractivity contribution in [3.8, 4) is 0 Å². The van der Waals surface area contributed by atoms with Crippen molar-refractivity contribution in [1.82, 2.24) is 4.90 Å². The van der Waals surface area contributed by atoms with Crippen LogP contribution in [0.2, 0.25) is 0 Å². The van der Waals surface area contributed by atoms with E-state index >= 15 is 0 Å². The minimum atomic E-state index is -0.789. The molecule has 2 unspecified atom stereocenters. The van der Waals surface area contributed by atoms with Gasteiger partial charge >= 0.3 is 5.97 Å². The summed E-state index contributed by atoms with van der Waals surface area (Å²) in [5.41, 5.74) is 0. The van der Waals surface area contributed by atoms with E-state index in [9.17, 15) is 9.90 Å². The van der Waals surface area contributed by atoms with Gasteiger partial charge in [0.05, 0.1) is 32.3 Å². The molecule has 2 N–H and O–H groups in total. The molecule has 1 rings (SSSR count). The van der Waals surface area contributed by atoms with E-state index in [1.165, 1.54) is 0 Å². The highest BCUT2D eigenvalue weighted by molar-refractivity contribution is 7.99. The van der Waals surface area contributed by atoms with Crippen molar-refractivity contribution in [1.29, 1.82) is 0 Å². The molecule has 1 heterocycles. The summed E-state index contributed by atoms with van der Waals surface area (Å²) < 4.78 is 10.1. The Kier molecular flexibility index (Phi) is 8.40. The Labute approximate surface area is 118 Å². The molecule has 0 aromatic heterocycles. The number of thioether (sulfide) groups is 1. The zero-order valence-electron chi connectivity index (χ0n) is 11.3. The molecule has 112 valence electrons. The Bertz CT molecular complexity index is 267. The minimum Gasteiger partial charge on any atom is -0.481 e. The number of aliphatic carboxylic acids is 1. The van der Waals surface area contributed by atoms with Crippen LogP contribution in [0, 0.1) is 0 Å². The van der Waals surface area contributed by atoms with E-state index in [-0.39, 0.29) is 19.1 Å². The van der Waals surface area contributed by atoms with Crippen molar-refractivity contribution in [3.63, 3.8) is 0 Å². The highest BCUT2D eigenvalue weighted by atomic mass is 32.2. The van der Waals surface area contributed by atoms with E-state index < -0.39 is 12.1 Å². The summed E-state index contributed by atoms with van der Waals surface area (Å²) in [5.74, 6) is 1.00. The lowest BCUT2D eigenvalue weighted by Crippen LogP contribution is -2.47. The topological polar surface area (TPSA) is 79.2 Å². The van der Waals surface area contributed by atoms with Crippen LogP contribution in [0.15, 0.2) is 0 Å². The molecule has 0 aromatic carbocycles. The lowest BCUT2D eigenvalue weighted by atomic mass is 10.2. The van der Waals surface area contributed by atoms with Crippen LogP contribution in [0.1, 0.15) is 6.42 Å². The Morgan fingerprint density at radius 3 is 3.00 bits per heavy atom. The number of nitrogens with zero attached hydrogens (tertiary/aromatic N) is 1. The Morgan fingerprint density at radius 1 is 1.53 bits per heavy atom. The second-order valence-corrected chi connectivity index (χ2v) is 5.69. The summed E-state index contributed by atoms with van der Waals surface area (Å²) in [6.07, 6.45) is -0.458. The molecule has 0 amide bonds. The number of carboxylic acid groups (broad SMARTS) is 1. The first-order chi connectivity index (χ1) is 9.13. The number of aliphatic hydroxyl groups excluding tert-OH is 1. The van der Waals surface area contributed by atoms with Gasteiger partial charge in [-0.1, -0.05) is 0 Å². The van der Waals surface area contributed by atoms with Crippen molar-refractivity contribution in [2.24, 2.45) is 0 Å². The van der Waals surface area contributed by atoms with Gasteiger partial charge in [-0.05, 0) is 0 Å². The Balaban J connectivity index is 2.28. The molecule has 0 bridgehead atoms. The van der Waals surface area contributed by atoms with E-state index in [4.69, 9.17) is 14.6 Å². The average molecular weight is 293 g/mol. The van der Waals surface area contributed by atoms with Crippen LogP contribution in [0.5, 0.6) is 0 Å². The molecule has 0 radical (unpaired) electrons. The Hall–Kier alpha value is -0.340. The van der Waals surface area contributed by atoms with Crippen LogP contribution < -0.4 is 0 Å². The van der Waals surface area contributed by atoms with Crippen LogP contribution in [0.4, 0.5) is 0 Å². The summed E-state index contributed by atoms with van der Waals surface area (Å²) in [6, 6.07) is 0.00451. The smallest absolute Gasteiger partial charge is 0.304 e. The van der Waals surface area contributed by atoms with E-state index in [1.807, 2.05) is 0 Å². The molecule has 0 spiro atoms. The van der Waals surface area contributed by atoms with Gasteiger partial charge in [0, 0.05) is 37.7 Å². The van der Waals surface area contributed by atoms with Gasteiger partial charge in [0.1, 0.15) is 0 Å². The van der Waals surface area contributed by atoms with E-state index in [0.29, 0.717) is 19.8 Å². The zero-order chi connectivity index (χ0) is 14.1. The quantitative estimate of drug-likeness (QED) is 0.575. The first-order valence-electron chi connectivity index (χ1n) is 6.41. The van der Waals surface area contributed by atoms with Crippen molar-refractivity contribution in [2.75, 3.05) is 51.5 Å². The number of aliphatic hydroxyl groups is 1. The summed E-state index contributed by atoms with van der Waals surface area (Å²) >= 11 is 1.77. The van der Waals surface area contributed by atoms with Crippen molar-refractivity contribution >= 4 is 17.7 Å². The first-order valence-corrected chi connectivity index (χ1v) is 7.57. The molecule has 19 heavy (non-hydrogen) atoms. The highest BCUT2D eigenvalue weighted by Gasteiger charge is 2.26. The van der Waals surface area contributed by atoms with Gasteiger partial charge in [-0.15, -0.1) is 0 Å². The van der Waals surface area contributed by atoms with E-state index in [1.54, 1.807) is 18.9 Å². The maximum Gasteiger partial charge on any atom is 0.304 e. The molecule has 1 aliphatic heterocycles. The third-order valence-electron chi connectivity index (χ3n) is 2.95. The molecule has 1 fully saturated rings. The molecular weight excluding hydrogens is 270 g/mol. The number of rotatable bonds is 9. The maximum absolute atomic E-state index is 10.8. The zero-order valence-corrected chi connectivity index (χ0v) is 12.1. The summed E-state index contributed by atoms with van der Waals surface area (Å²) in [4.78, 5) is 12.9. The largest absolute Gasteiger partial charge is 0.481 e. The number of β-amino-alcohol motifs (C(OH)–C–C–N with tert-alkyl or cyclic N) is 1. The summed E-state index contributed by atoms with van der Waals surface area (Å²) in [7, 11) is 1.60. The van der Waals surface area contributed by atoms with Crippen LogP contribution in [0.25, 0.3) is 0 Å².